The fourth-order valence-electron chi connectivity index (χ4n) is 7.76. The van der Waals surface area contributed by atoms with Crippen LogP contribution in [0.5, 0.6) is 5.75 Å². The summed E-state index contributed by atoms with van der Waals surface area (Å²) < 4.78 is 48.3. The summed E-state index contributed by atoms with van der Waals surface area (Å²) in [6, 6.07) is 1.28. The highest BCUT2D eigenvalue weighted by Crippen LogP contribution is 2.45. The lowest BCUT2D eigenvalue weighted by atomic mass is 9.81. The monoisotopic (exact) mass is 739 g/mol. The third-order valence-electron chi connectivity index (χ3n) is 10.5. The van der Waals surface area contributed by atoms with Crippen LogP contribution in [0.25, 0.3) is 11.4 Å². The number of nitrogens with one attached hydrogen (secondary N) is 1. The first kappa shape index (κ1) is 34.1. The van der Waals surface area contributed by atoms with Gasteiger partial charge in [0.2, 0.25) is 11.7 Å². The van der Waals surface area contributed by atoms with E-state index in [1.807, 2.05) is 17.9 Å². The van der Waals surface area contributed by atoms with E-state index in [4.69, 9.17) is 21.3 Å². The third-order valence-corrected chi connectivity index (χ3v) is 10.8. The maximum Gasteiger partial charge on any atom is 0.416 e. The number of benzene rings is 1. The molecule has 272 valence electrons. The normalized spacial score (nSPS) is 22.8. The Morgan fingerprint density at radius 2 is 1.92 bits per heavy atom. The third kappa shape index (κ3) is 5.48. The number of halogens is 4. The zero-order valence-corrected chi connectivity index (χ0v) is 28.8. The predicted octanol–water partition coefficient (Wildman–Crippen LogP) is 4.35. The van der Waals surface area contributed by atoms with Gasteiger partial charge in [-0.15, -0.1) is 5.10 Å². The molecule has 2 fully saturated rings. The number of amides is 2. The molecule has 2 amide bonds. The summed E-state index contributed by atoms with van der Waals surface area (Å²) in [4.78, 5) is 58.7. The van der Waals surface area contributed by atoms with Gasteiger partial charge in [-0.1, -0.05) is 24.6 Å². The van der Waals surface area contributed by atoms with Crippen LogP contribution in [-0.2, 0) is 15.7 Å². The first-order valence-electron chi connectivity index (χ1n) is 16.9. The molecule has 14 nitrogen and oxygen atoms in total. The largest absolute Gasteiger partial charge is 0.504 e. The second-order valence-corrected chi connectivity index (χ2v) is 13.9. The highest BCUT2D eigenvalue weighted by Gasteiger charge is 2.49. The molecule has 4 aliphatic rings. The first-order chi connectivity index (χ1) is 24.8. The van der Waals surface area contributed by atoms with Crippen LogP contribution in [-0.4, -0.2) is 89.3 Å². The number of piperazine rings is 1. The van der Waals surface area contributed by atoms with Gasteiger partial charge in [0.05, 0.1) is 46.9 Å². The average Bonchev–Trinajstić information content (AvgIpc) is 3.69. The molecule has 18 heteroatoms. The first-order valence-corrected chi connectivity index (χ1v) is 17.3. The Morgan fingerprint density at radius 1 is 1.13 bits per heavy atom. The lowest BCUT2D eigenvalue weighted by Crippen LogP contribution is -2.67. The summed E-state index contributed by atoms with van der Waals surface area (Å²) in [6.45, 7) is 4.82. The summed E-state index contributed by atoms with van der Waals surface area (Å²) >= 11 is 6.21. The standard InChI is InChI=1S/C34H33ClF3N9O5/c1-16-13-24(30(49)41-21-4-3-19(14-20(21)35)34(36,37)38)46-26(16)27(32(51)47-33(46)42-29(43-47)18-7-11-52-12-8-18)44-9-10-45(23-6-5-22(23)44)31(50)25-28(48)17(2)39-15-40-25/h3-4,7,14-16,22-24,48H,5-6,8-13H2,1-2H3,(H,41,49)/t16?,22-,23-,24?/m0/s1. The topological polar surface area (TPSA) is 160 Å². The summed E-state index contributed by atoms with van der Waals surface area (Å²) in [5.41, 5.74) is 0.573. The number of carbonyl (C=O) groups is 2. The summed E-state index contributed by atoms with van der Waals surface area (Å²) in [5, 5.41) is 17.6. The van der Waals surface area contributed by atoms with Crippen molar-refractivity contribution in [2.45, 2.75) is 69.8 Å². The quantitative estimate of drug-likeness (QED) is 0.301. The molecule has 2 N–H and O–H groups in total. The van der Waals surface area contributed by atoms with E-state index in [-0.39, 0.29) is 71.1 Å². The Kier molecular flexibility index (Phi) is 8.24. The molecule has 2 unspecified atom stereocenters. The summed E-state index contributed by atoms with van der Waals surface area (Å²) in [7, 11) is 0. The van der Waals surface area contributed by atoms with E-state index >= 15 is 0 Å². The van der Waals surface area contributed by atoms with E-state index in [0.717, 1.165) is 23.8 Å². The van der Waals surface area contributed by atoms with E-state index in [1.54, 1.807) is 16.4 Å². The number of fused-ring (bicyclic) bond motifs is 4. The fraction of sp³-hybridized carbons (Fsp3) is 0.441. The number of rotatable bonds is 5. The van der Waals surface area contributed by atoms with E-state index in [0.29, 0.717) is 49.7 Å². The molecule has 3 aliphatic heterocycles. The summed E-state index contributed by atoms with van der Waals surface area (Å²) in [6.07, 6.45) is 0.604. The molecule has 6 heterocycles. The molecule has 1 aromatic carbocycles. The molecule has 3 aromatic heterocycles. The molecule has 8 rings (SSSR count). The van der Waals surface area contributed by atoms with Gasteiger partial charge in [-0.25, -0.2) is 9.97 Å². The zero-order chi connectivity index (χ0) is 36.6. The van der Waals surface area contributed by atoms with Crippen molar-refractivity contribution in [1.82, 2.24) is 34.0 Å². The number of aryl methyl sites for hydroxylation is 1. The Bertz CT molecular complexity index is 2240. The molecule has 1 saturated carbocycles. The highest BCUT2D eigenvalue weighted by atomic mass is 35.5. The Morgan fingerprint density at radius 3 is 2.62 bits per heavy atom. The van der Waals surface area contributed by atoms with Crippen LogP contribution in [0.15, 0.2) is 35.4 Å². The van der Waals surface area contributed by atoms with E-state index in [1.165, 1.54) is 10.8 Å². The van der Waals surface area contributed by atoms with Crippen molar-refractivity contribution in [3.05, 3.63) is 74.4 Å². The van der Waals surface area contributed by atoms with Crippen LogP contribution in [0.4, 0.5) is 24.5 Å². The van der Waals surface area contributed by atoms with E-state index < -0.39 is 35.2 Å². The van der Waals surface area contributed by atoms with Gasteiger partial charge in [-0.3, -0.25) is 19.0 Å². The number of aromatic hydroxyl groups is 1. The van der Waals surface area contributed by atoms with Gasteiger partial charge in [0.1, 0.15) is 18.1 Å². The number of hydrogen-bond donors (Lipinski definition) is 2. The van der Waals surface area contributed by atoms with Crippen molar-refractivity contribution >= 4 is 46.1 Å². The molecule has 0 bridgehead atoms. The van der Waals surface area contributed by atoms with Gasteiger partial charge in [-0.2, -0.15) is 22.7 Å². The molecule has 1 saturated heterocycles. The zero-order valence-electron chi connectivity index (χ0n) is 28.0. The van der Waals surface area contributed by atoms with Crippen molar-refractivity contribution in [3.63, 3.8) is 0 Å². The van der Waals surface area contributed by atoms with Crippen molar-refractivity contribution in [1.29, 1.82) is 0 Å². The van der Waals surface area contributed by atoms with Crippen molar-refractivity contribution in [2.75, 3.05) is 36.5 Å². The van der Waals surface area contributed by atoms with Gasteiger partial charge < -0.3 is 25.0 Å². The average molecular weight is 740 g/mol. The maximum atomic E-state index is 14.6. The molecule has 52 heavy (non-hydrogen) atoms. The lowest BCUT2D eigenvalue weighted by molar-refractivity contribution is -0.137. The Hall–Kier alpha value is -5.03. The van der Waals surface area contributed by atoms with Crippen molar-refractivity contribution in [3.8, 4) is 5.75 Å². The van der Waals surface area contributed by atoms with E-state index in [9.17, 15) is 32.7 Å². The minimum absolute atomic E-state index is 0.00981. The lowest BCUT2D eigenvalue weighted by Gasteiger charge is -2.54. The molecular weight excluding hydrogens is 707 g/mol. The van der Waals surface area contributed by atoms with Crippen LogP contribution in [0.2, 0.25) is 5.02 Å². The number of anilines is 2. The number of nitrogens with zero attached hydrogens (tertiary/aromatic N) is 8. The second kappa shape index (κ2) is 12.6. The molecule has 0 spiro atoms. The van der Waals surface area contributed by atoms with Gasteiger partial charge in [-0.05, 0) is 56.4 Å². The van der Waals surface area contributed by atoms with Crippen LogP contribution in [0.3, 0.4) is 0 Å². The second-order valence-electron chi connectivity index (χ2n) is 13.5. The number of ether oxygens (including phenoxy) is 1. The number of carbonyl (C=O) groups excluding carboxylic acids is 2. The molecular formula is C34H33ClF3N9O5. The molecule has 0 radical (unpaired) electrons. The fourth-order valence-corrected chi connectivity index (χ4v) is 7.98. The summed E-state index contributed by atoms with van der Waals surface area (Å²) in [5.74, 6) is -1.09. The number of alkyl halides is 3. The molecule has 1 aliphatic carbocycles. The Labute approximate surface area is 298 Å². The SMILES string of the molecule is Cc1ncnc(C(=O)N2CCN(c3c4n(c5nc(C6=CCOCC6)nn5c3=O)C(C(=O)Nc3ccc(C(F)(F)F)cc3Cl)CC4C)[C@H]3CC[C@@H]32)c1O. The van der Waals surface area contributed by atoms with Crippen LogP contribution in [0.1, 0.15) is 77.8 Å². The Balaban J connectivity index is 1.20. The van der Waals surface area contributed by atoms with Gasteiger partial charge in [0.15, 0.2) is 17.3 Å². The highest BCUT2D eigenvalue weighted by molar-refractivity contribution is 6.33. The minimum Gasteiger partial charge on any atom is -0.504 e. The number of aromatic nitrogens is 6. The number of hydrogen-bond acceptors (Lipinski definition) is 10. The maximum absolute atomic E-state index is 14.6. The predicted molar refractivity (Wildman–Crippen MR) is 181 cm³/mol. The van der Waals surface area contributed by atoms with Crippen LogP contribution < -0.4 is 15.8 Å². The van der Waals surface area contributed by atoms with Crippen LogP contribution >= 0.6 is 11.6 Å². The molecule has 4 aromatic rings. The van der Waals surface area contributed by atoms with Gasteiger partial charge in [0, 0.05) is 25.0 Å². The minimum atomic E-state index is -4.61. The van der Waals surface area contributed by atoms with Gasteiger partial charge >= 0.3 is 6.18 Å². The van der Waals surface area contributed by atoms with Crippen molar-refractivity contribution in [2.24, 2.45) is 0 Å². The smallest absolute Gasteiger partial charge is 0.416 e. The van der Waals surface area contributed by atoms with Crippen LogP contribution in [0, 0.1) is 6.92 Å². The molecule has 4 atom stereocenters. The van der Waals surface area contributed by atoms with E-state index in [2.05, 4.69) is 20.4 Å². The van der Waals surface area contributed by atoms with Crippen molar-refractivity contribution < 1.29 is 32.6 Å². The van der Waals surface area contributed by atoms with Gasteiger partial charge in [0.25, 0.3) is 11.5 Å².